The summed E-state index contributed by atoms with van der Waals surface area (Å²) in [5.74, 6) is 0. The van der Waals surface area contributed by atoms with Gasteiger partial charge in [0, 0.05) is 12.6 Å². The maximum absolute atomic E-state index is 3.45. The van der Waals surface area contributed by atoms with Gasteiger partial charge in [-0.15, -0.1) is 0 Å². The van der Waals surface area contributed by atoms with Crippen molar-refractivity contribution in [2.24, 2.45) is 0 Å². The molecule has 0 aliphatic heterocycles. The first-order valence-electron chi connectivity index (χ1n) is 7.79. The molecule has 2 rings (SSSR count). The Kier molecular flexibility index (Phi) is 4.84. The van der Waals surface area contributed by atoms with Crippen molar-refractivity contribution >= 4 is 0 Å². The summed E-state index contributed by atoms with van der Waals surface area (Å²) < 4.78 is 0. The molecular weight excluding hydrogens is 254 g/mol. The van der Waals surface area contributed by atoms with Crippen LogP contribution in [0.3, 0.4) is 0 Å². The van der Waals surface area contributed by atoms with Crippen LogP contribution in [0, 0.1) is 0 Å². The van der Waals surface area contributed by atoms with E-state index in [9.17, 15) is 0 Å². The molecule has 0 aliphatic rings. The van der Waals surface area contributed by atoms with Gasteiger partial charge in [0.05, 0.1) is 0 Å². The SMILES string of the molecule is CC(C)NCc1ccc(-c2ccc(C(C)(C)C)cc2)cc1. The summed E-state index contributed by atoms with van der Waals surface area (Å²) in [5.41, 5.74) is 5.49. The number of rotatable bonds is 4. The van der Waals surface area contributed by atoms with E-state index in [4.69, 9.17) is 0 Å². The van der Waals surface area contributed by atoms with Gasteiger partial charge in [0.1, 0.15) is 0 Å². The van der Waals surface area contributed by atoms with Gasteiger partial charge in [-0.2, -0.15) is 0 Å². The zero-order valence-electron chi connectivity index (χ0n) is 13.9. The Morgan fingerprint density at radius 2 is 1.29 bits per heavy atom. The molecule has 0 aromatic heterocycles. The van der Waals surface area contributed by atoms with Gasteiger partial charge in [0.15, 0.2) is 0 Å². The summed E-state index contributed by atoms with van der Waals surface area (Å²) in [6, 6.07) is 18.3. The molecule has 0 aliphatic carbocycles. The first-order chi connectivity index (χ1) is 9.86. The molecule has 0 spiro atoms. The molecular formula is C20H27N. The Hall–Kier alpha value is -1.60. The van der Waals surface area contributed by atoms with Crippen molar-refractivity contribution in [3.05, 3.63) is 59.7 Å². The van der Waals surface area contributed by atoms with E-state index in [1.807, 2.05) is 0 Å². The van der Waals surface area contributed by atoms with E-state index in [2.05, 4.69) is 88.5 Å². The van der Waals surface area contributed by atoms with Crippen LogP contribution in [0.25, 0.3) is 11.1 Å². The van der Waals surface area contributed by atoms with Crippen molar-refractivity contribution in [1.29, 1.82) is 0 Å². The Morgan fingerprint density at radius 1 is 0.810 bits per heavy atom. The van der Waals surface area contributed by atoms with Crippen LogP contribution in [0.15, 0.2) is 48.5 Å². The topological polar surface area (TPSA) is 12.0 Å². The minimum absolute atomic E-state index is 0.213. The van der Waals surface area contributed by atoms with Crippen LogP contribution in [0.4, 0.5) is 0 Å². The first kappa shape index (κ1) is 15.8. The molecule has 0 heterocycles. The standard InChI is InChI=1S/C20H27N/c1-15(2)21-14-16-6-8-17(9-7-16)18-10-12-19(13-11-18)20(3,4)5/h6-13,15,21H,14H2,1-5H3. The van der Waals surface area contributed by atoms with Gasteiger partial charge in [-0.1, -0.05) is 83.1 Å². The molecule has 0 fully saturated rings. The van der Waals surface area contributed by atoms with Crippen LogP contribution in [0.1, 0.15) is 45.7 Å². The average molecular weight is 281 g/mol. The Bertz CT molecular complexity index is 556. The van der Waals surface area contributed by atoms with Gasteiger partial charge in [-0.3, -0.25) is 0 Å². The second-order valence-electron chi connectivity index (χ2n) is 7.06. The van der Waals surface area contributed by atoms with Crippen molar-refractivity contribution < 1.29 is 0 Å². The summed E-state index contributed by atoms with van der Waals surface area (Å²) in [7, 11) is 0. The summed E-state index contributed by atoms with van der Waals surface area (Å²) in [5, 5.41) is 3.45. The Morgan fingerprint density at radius 3 is 1.71 bits per heavy atom. The highest BCUT2D eigenvalue weighted by Crippen LogP contribution is 2.26. The van der Waals surface area contributed by atoms with Crippen molar-refractivity contribution in [3.8, 4) is 11.1 Å². The fourth-order valence-electron chi connectivity index (χ4n) is 2.30. The molecule has 0 saturated heterocycles. The van der Waals surface area contributed by atoms with E-state index in [1.54, 1.807) is 0 Å². The largest absolute Gasteiger partial charge is 0.310 e. The van der Waals surface area contributed by atoms with E-state index in [1.165, 1.54) is 22.3 Å². The second kappa shape index (κ2) is 6.44. The smallest absolute Gasteiger partial charge is 0.0207 e. The van der Waals surface area contributed by atoms with Crippen LogP contribution < -0.4 is 5.32 Å². The quantitative estimate of drug-likeness (QED) is 0.817. The highest BCUT2D eigenvalue weighted by molar-refractivity contribution is 5.64. The number of hydrogen-bond acceptors (Lipinski definition) is 1. The molecule has 2 aromatic carbocycles. The van der Waals surface area contributed by atoms with Crippen molar-refractivity contribution in [2.75, 3.05) is 0 Å². The monoisotopic (exact) mass is 281 g/mol. The first-order valence-corrected chi connectivity index (χ1v) is 7.79. The lowest BCUT2D eigenvalue weighted by molar-refractivity contribution is 0.589. The van der Waals surface area contributed by atoms with Gasteiger partial charge < -0.3 is 5.32 Å². The predicted molar refractivity (Wildman–Crippen MR) is 92.6 cm³/mol. The predicted octanol–water partition coefficient (Wildman–Crippen LogP) is 5.15. The van der Waals surface area contributed by atoms with Crippen molar-refractivity contribution in [1.82, 2.24) is 5.32 Å². The average Bonchev–Trinajstić information content (AvgIpc) is 2.45. The molecule has 1 N–H and O–H groups in total. The molecule has 0 unspecified atom stereocenters. The zero-order valence-corrected chi connectivity index (χ0v) is 13.9. The highest BCUT2D eigenvalue weighted by Gasteiger charge is 2.12. The summed E-state index contributed by atoms with van der Waals surface area (Å²) in [4.78, 5) is 0. The summed E-state index contributed by atoms with van der Waals surface area (Å²) >= 11 is 0. The van der Waals surface area contributed by atoms with Crippen molar-refractivity contribution in [3.63, 3.8) is 0 Å². The molecule has 0 radical (unpaired) electrons. The molecule has 0 saturated carbocycles. The minimum atomic E-state index is 0.213. The summed E-state index contributed by atoms with van der Waals surface area (Å²) in [6.45, 7) is 12.0. The summed E-state index contributed by atoms with van der Waals surface area (Å²) in [6.07, 6.45) is 0. The number of benzene rings is 2. The van der Waals surface area contributed by atoms with Gasteiger partial charge in [0.2, 0.25) is 0 Å². The fourth-order valence-corrected chi connectivity index (χ4v) is 2.30. The van der Waals surface area contributed by atoms with E-state index < -0.39 is 0 Å². The van der Waals surface area contributed by atoms with E-state index in [-0.39, 0.29) is 5.41 Å². The maximum Gasteiger partial charge on any atom is 0.0207 e. The van der Waals surface area contributed by atoms with Crippen molar-refractivity contribution in [2.45, 2.75) is 52.6 Å². The second-order valence-corrected chi connectivity index (χ2v) is 7.06. The van der Waals surface area contributed by atoms with Gasteiger partial charge in [0.25, 0.3) is 0 Å². The number of hydrogen-bond donors (Lipinski definition) is 1. The lowest BCUT2D eigenvalue weighted by atomic mass is 9.86. The van der Waals surface area contributed by atoms with Crippen LogP contribution >= 0.6 is 0 Å². The zero-order chi connectivity index (χ0) is 15.5. The van der Waals surface area contributed by atoms with Gasteiger partial charge in [-0.25, -0.2) is 0 Å². The van der Waals surface area contributed by atoms with Gasteiger partial charge >= 0.3 is 0 Å². The molecule has 21 heavy (non-hydrogen) atoms. The lowest BCUT2D eigenvalue weighted by Crippen LogP contribution is -2.21. The van der Waals surface area contributed by atoms with Crippen LogP contribution in [-0.2, 0) is 12.0 Å². The van der Waals surface area contributed by atoms with Gasteiger partial charge in [-0.05, 0) is 27.7 Å². The lowest BCUT2D eigenvalue weighted by Gasteiger charge is -2.19. The molecule has 112 valence electrons. The fraction of sp³-hybridized carbons (Fsp3) is 0.400. The molecule has 0 atom stereocenters. The van der Waals surface area contributed by atoms with E-state index in [0.717, 1.165) is 6.54 Å². The molecule has 1 heteroatoms. The maximum atomic E-state index is 3.45. The molecule has 1 nitrogen and oxygen atoms in total. The molecule has 0 bridgehead atoms. The van der Waals surface area contributed by atoms with Crippen LogP contribution in [-0.4, -0.2) is 6.04 Å². The minimum Gasteiger partial charge on any atom is -0.310 e. The van der Waals surface area contributed by atoms with Crippen LogP contribution in [0.2, 0.25) is 0 Å². The van der Waals surface area contributed by atoms with E-state index >= 15 is 0 Å². The van der Waals surface area contributed by atoms with Crippen LogP contribution in [0.5, 0.6) is 0 Å². The third-order valence-electron chi connectivity index (χ3n) is 3.75. The molecule has 0 amide bonds. The highest BCUT2D eigenvalue weighted by atomic mass is 14.9. The normalized spacial score (nSPS) is 11.9. The third-order valence-corrected chi connectivity index (χ3v) is 3.75. The Balaban J connectivity index is 2.11. The molecule has 2 aromatic rings. The Labute approximate surface area is 129 Å². The number of nitrogens with one attached hydrogen (secondary N) is 1. The third kappa shape index (κ3) is 4.44. The van der Waals surface area contributed by atoms with E-state index in [0.29, 0.717) is 6.04 Å².